The maximum atomic E-state index is 4.75. The van der Waals surface area contributed by atoms with E-state index in [0.717, 1.165) is 5.69 Å². The van der Waals surface area contributed by atoms with Crippen molar-refractivity contribution in [3.05, 3.63) is 89.1 Å². The van der Waals surface area contributed by atoms with Crippen LogP contribution in [0, 0.1) is 0 Å². The van der Waals surface area contributed by atoms with Gasteiger partial charge in [0.1, 0.15) is 0 Å². The van der Waals surface area contributed by atoms with Gasteiger partial charge in [0.25, 0.3) is 0 Å². The Kier molecular flexibility index (Phi) is 6.55. The van der Waals surface area contributed by atoms with E-state index < -0.39 is 0 Å². The van der Waals surface area contributed by atoms with E-state index in [-0.39, 0.29) is 0 Å². The van der Waals surface area contributed by atoms with Crippen LogP contribution in [0.2, 0.25) is 0 Å². The molecule has 0 saturated heterocycles. The monoisotopic (exact) mass is 369 g/mol. The van der Waals surface area contributed by atoms with Crippen LogP contribution < -0.4 is 0 Å². The second-order valence-corrected chi connectivity index (χ2v) is 8.15. The fourth-order valence-corrected chi connectivity index (χ4v) is 4.31. The van der Waals surface area contributed by atoms with Crippen LogP contribution in [0.15, 0.2) is 66.9 Å². The highest BCUT2D eigenvalue weighted by Gasteiger charge is 2.11. The fraction of sp³-hybridized carbons (Fsp3) is 0.370. The van der Waals surface area contributed by atoms with Crippen LogP contribution in [0.25, 0.3) is 11.3 Å². The number of hydrogen-bond donors (Lipinski definition) is 0. The molecular weight excluding hydrogens is 338 g/mol. The van der Waals surface area contributed by atoms with E-state index in [0.29, 0.717) is 0 Å². The molecule has 0 radical (unpaired) electrons. The molecule has 144 valence electrons. The average Bonchev–Trinajstić information content (AvgIpc) is 2.77. The van der Waals surface area contributed by atoms with Crippen molar-refractivity contribution in [1.82, 2.24) is 4.98 Å². The van der Waals surface area contributed by atoms with Crippen molar-refractivity contribution in [2.75, 3.05) is 0 Å². The predicted octanol–water partition coefficient (Wildman–Crippen LogP) is 6.97. The van der Waals surface area contributed by atoms with Crippen LogP contribution in [-0.2, 0) is 25.7 Å². The van der Waals surface area contributed by atoms with Gasteiger partial charge in [-0.3, -0.25) is 4.98 Å². The van der Waals surface area contributed by atoms with Gasteiger partial charge in [-0.1, -0.05) is 61.4 Å². The van der Waals surface area contributed by atoms with Crippen molar-refractivity contribution < 1.29 is 0 Å². The maximum absolute atomic E-state index is 4.75. The molecule has 0 fully saturated rings. The molecule has 1 aliphatic rings. The van der Waals surface area contributed by atoms with E-state index in [1.54, 1.807) is 0 Å². The number of fused-ring (bicyclic) bond motifs is 1. The number of aromatic nitrogens is 1. The van der Waals surface area contributed by atoms with E-state index in [4.69, 9.17) is 4.98 Å². The molecule has 28 heavy (non-hydrogen) atoms. The molecule has 0 atom stereocenters. The first-order chi connectivity index (χ1) is 13.9. The third kappa shape index (κ3) is 5.10. The lowest BCUT2D eigenvalue weighted by Gasteiger charge is -2.16. The van der Waals surface area contributed by atoms with Gasteiger partial charge in [-0.25, -0.2) is 0 Å². The topological polar surface area (TPSA) is 12.9 Å². The Bertz CT molecular complexity index is 882. The van der Waals surface area contributed by atoms with E-state index in [9.17, 15) is 0 Å². The van der Waals surface area contributed by atoms with Crippen molar-refractivity contribution >= 4 is 0 Å². The number of benzene rings is 2. The molecule has 1 nitrogen and oxygen atoms in total. The van der Waals surface area contributed by atoms with Crippen LogP contribution in [-0.4, -0.2) is 4.98 Å². The first kappa shape index (κ1) is 18.9. The Hall–Kier alpha value is -2.41. The molecule has 0 spiro atoms. The number of pyridine rings is 1. The standard InChI is InChI=1S/C27H31N/c1(4-11-22-12-6-3-7-13-22)2-5-14-23-15-10-18-25(19-23)27-20-24-16-8-9-17-26(24)21-28-27/h3,6-7,10,12-13,15,18-21H,1-2,4-5,8-9,11,14,16-17H2. The van der Waals surface area contributed by atoms with Crippen molar-refractivity contribution in [1.29, 1.82) is 0 Å². The third-order valence-electron chi connectivity index (χ3n) is 5.97. The van der Waals surface area contributed by atoms with Gasteiger partial charge >= 0.3 is 0 Å². The van der Waals surface area contributed by atoms with Gasteiger partial charge in [0.2, 0.25) is 0 Å². The minimum atomic E-state index is 1.14. The first-order valence-corrected chi connectivity index (χ1v) is 11.0. The Labute approximate surface area is 169 Å². The average molecular weight is 370 g/mol. The Morgan fingerprint density at radius 1 is 0.643 bits per heavy atom. The lowest BCUT2D eigenvalue weighted by atomic mass is 9.92. The summed E-state index contributed by atoms with van der Waals surface area (Å²) in [6.45, 7) is 0. The van der Waals surface area contributed by atoms with Crippen LogP contribution in [0.3, 0.4) is 0 Å². The molecule has 1 heteroatoms. The number of rotatable bonds is 8. The Morgan fingerprint density at radius 2 is 1.36 bits per heavy atom. The molecule has 2 aromatic carbocycles. The molecule has 1 heterocycles. The predicted molar refractivity (Wildman–Crippen MR) is 119 cm³/mol. The number of nitrogens with zero attached hydrogens (tertiary/aromatic N) is 1. The van der Waals surface area contributed by atoms with Gasteiger partial charge in [-0.2, -0.15) is 0 Å². The van der Waals surface area contributed by atoms with Gasteiger partial charge < -0.3 is 0 Å². The smallest absolute Gasteiger partial charge is 0.0705 e. The summed E-state index contributed by atoms with van der Waals surface area (Å²) in [6, 6.07) is 22.2. The van der Waals surface area contributed by atoms with Gasteiger partial charge in [0, 0.05) is 11.8 Å². The maximum Gasteiger partial charge on any atom is 0.0705 e. The van der Waals surface area contributed by atoms with Crippen molar-refractivity contribution in [2.45, 2.75) is 64.2 Å². The zero-order valence-electron chi connectivity index (χ0n) is 16.9. The first-order valence-electron chi connectivity index (χ1n) is 11.0. The molecular formula is C27H31N. The molecule has 1 aliphatic carbocycles. The highest BCUT2D eigenvalue weighted by molar-refractivity contribution is 5.61. The summed E-state index contributed by atoms with van der Waals surface area (Å²) in [5.41, 5.74) is 8.30. The van der Waals surface area contributed by atoms with Gasteiger partial charge in [-0.15, -0.1) is 0 Å². The summed E-state index contributed by atoms with van der Waals surface area (Å²) in [4.78, 5) is 4.75. The normalized spacial score (nSPS) is 13.3. The van der Waals surface area contributed by atoms with Crippen molar-refractivity contribution in [2.24, 2.45) is 0 Å². The fourth-order valence-electron chi connectivity index (χ4n) is 4.31. The third-order valence-corrected chi connectivity index (χ3v) is 5.97. The molecule has 0 amide bonds. The Morgan fingerprint density at radius 3 is 2.18 bits per heavy atom. The largest absolute Gasteiger partial charge is 0.256 e. The van der Waals surface area contributed by atoms with E-state index >= 15 is 0 Å². The highest BCUT2D eigenvalue weighted by Crippen LogP contribution is 2.26. The van der Waals surface area contributed by atoms with E-state index in [1.165, 1.54) is 92.0 Å². The van der Waals surface area contributed by atoms with Crippen LogP contribution in [0.1, 0.15) is 60.8 Å². The molecule has 0 unspecified atom stereocenters. The molecule has 0 bridgehead atoms. The van der Waals surface area contributed by atoms with Gasteiger partial charge in [-0.05, 0) is 85.8 Å². The summed E-state index contributed by atoms with van der Waals surface area (Å²) < 4.78 is 0. The summed E-state index contributed by atoms with van der Waals surface area (Å²) in [5.74, 6) is 0. The molecule has 1 aromatic heterocycles. The lowest BCUT2D eigenvalue weighted by molar-refractivity contribution is 0.640. The van der Waals surface area contributed by atoms with Crippen LogP contribution >= 0.6 is 0 Å². The van der Waals surface area contributed by atoms with E-state index in [1.807, 2.05) is 0 Å². The number of unbranched alkanes of at least 4 members (excludes halogenated alkanes) is 3. The second kappa shape index (κ2) is 9.68. The number of hydrogen-bond acceptors (Lipinski definition) is 1. The number of aryl methyl sites for hydroxylation is 4. The SMILES string of the molecule is c1ccc(CCCCCCc2cccc(-c3cc4c(cn3)CCCC4)c2)cc1. The van der Waals surface area contributed by atoms with Gasteiger partial charge in [0.15, 0.2) is 0 Å². The molecule has 0 aliphatic heterocycles. The summed E-state index contributed by atoms with van der Waals surface area (Å²) in [6.07, 6.45) is 14.7. The van der Waals surface area contributed by atoms with Crippen molar-refractivity contribution in [3.8, 4) is 11.3 Å². The summed E-state index contributed by atoms with van der Waals surface area (Å²) in [7, 11) is 0. The summed E-state index contributed by atoms with van der Waals surface area (Å²) in [5, 5.41) is 0. The zero-order chi connectivity index (χ0) is 19.0. The zero-order valence-corrected chi connectivity index (χ0v) is 16.9. The highest BCUT2D eigenvalue weighted by atomic mass is 14.7. The minimum absolute atomic E-state index is 1.14. The lowest BCUT2D eigenvalue weighted by Crippen LogP contribution is -2.03. The summed E-state index contributed by atoms with van der Waals surface area (Å²) >= 11 is 0. The second-order valence-electron chi connectivity index (χ2n) is 8.15. The van der Waals surface area contributed by atoms with Crippen LogP contribution in [0.4, 0.5) is 0 Å². The molecule has 4 rings (SSSR count). The van der Waals surface area contributed by atoms with Gasteiger partial charge in [0.05, 0.1) is 5.69 Å². The molecule has 3 aromatic rings. The van der Waals surface area contributed by atoms with E-state index in [2.05, 4.69) is 66.9 Å². The van der Waals surface area contributed by atoms with Crippen LogP contribution in [0.5, 0.6) is 0 Å². The van der Waals surface area contributed by atoms with Crippen molar-refractivity contribution in [3.63, 3.8) is 0 Å². The molecule has 0 saturated carbocycles. The molecule has 0 N–H and O–H groups in total. The Balaban J connectivity index is 1.27. The quantitative estimate of drug-likeness (QED) is 0.391. The minimum Gasteiger partial charge on any atom is -0.256 e.